The van der Waals surface area contributed by atoms with Crippen LogP contribution in [0.2, 0.25) is 0 Å². The van der Waals surface area contributed by atoms with E-state index in [-0.39, 0.29) is 48.6 Å². The maximum Gasteiger partial charge on any atom is 0.330 e. The van der Waals surface area contributed by atoms with Gasteiger partial charge in [-0.05, 0) is 50.7 Å². The van der Waals surface area contributed by atoms with Crippen LogP contribution in [-0.4, -0.2) is 105 Å². The van der Waals surface area contributed by atoms with E-state index in [2.05, 4.69) is 13.8 Å². The van der Waals surface area contributed by atoms with Gasteiger partial charge in [0.1, 0.15) is 24.4 Å². The molecule has 0 amide bonds. The quantitative estimate of drug-likeness (QED) is 0.0414. The van der Waals surface area contributed by atoms with Crippen molar-refractivity contribution in [3.63, 3.8) is 0 Å². The molecule has 6 rings (SSSR count). The molecule has 6 aliphatic heterocycles. The van der Waals surface area contributed by atoms with E-state index in [1.807, 2.05) is 0 Å². The van der Waals surface area contributed by atoms with E-state index in [1.54, 1.807) is 12.2 Å². The molecule has 12 nitrogen and oxygen atoms in total. The first kappa shape index (κ1) is 54.0. The number of hydrogen-bond acceptors (Lipinski definition) is 12. The zero-order valence-electron chi connectivity index (χ0n) is 40.5. The monoisotopic (exact) mass is 919 g/mol. The molecule has 0 bridgehead atoms. The summed E-state index contributed by atoms with van der Waals surface area (Å²) in [5.74, 6) is -2.57. The summed E-state index contributed by atoms with van der Waals surface area (Å²) in [6, 6.07) is 0. The third-order valence-corrected chi connectivity index (χ3v) is 14.4. The number of aliphatic hydroxyl groups is 4. The third kappa shape index (κ3) is 19.6. The maximum absolute atomic E-state index is 11.5. The minimum Gasteiger partial charge on any atom is -0.456 e. The van der Waals surface area contributed by atoms with Gasteiger partial charge in [-0.1, -0.05) is 162 Å². The highest BCUT2D eigenvalue weighted by atomic mass is 16.7. The summed E-state index contributed by atoms with van der Waals surface area (Å²) in [6.07, 6.45) is 37.5. The molecule has 2 spiro atoms. The van der Waals surface area contributed by atoms with Gasteiger partial charge < -0.3 is 48.8 Å². The number of rotatable bonds is 29. The molecular weight excluding hydrogens is 829 g/mol. The van der Waals surface area contributed by atoms with Crippen LogP contribution in [0.5, 0.6) is 0 Å². The van der Waals surface area contributed by atoms with Crippen molar-refractivity contribution in [2.75, 3.05) is 0 Å². The molecule has 6 aliphatic rings. The van der Waals surface area contributed by atoms with Gasteiger partial charge in [-0.15, -0.1) is 0 Å². The normalized spacial score (nSPS) is 32.5. The number of carbonyl (C=O) groups is 2. The molecule has 0 saturated carbocycles. The Hall–Kier alpha value is -1.90. The molecule has 4 saturated heterocycles. The second-order valence-electron chi connectivity index (χ2n) is 20.5. The largest absolute Gasteiger partial charge is 0.456 e. The number of carbonyl (C=O) groups excluding carboxylic acids is 2. The van der Waals surface area contributed by atoms with Crippen LogP contribution in [0.1, 0.15) is 226 Å². The Morgan fingerprint density at radius 3 is 1.15 bits per heavy atom. The second-order valence-corrected chi connectivity index (χ2v) is 20.5. The molecule has 4 N–H and O–H groups in total. The lowest BCUT2D eigenvalue weighted by Gasteiger charge is -2.40. The summed E-state index contributed by atoms with van der Waals surface area (Å²) >= 11 is 0. The summed E-state index contributed by atoms with van der Waals surface area (Å²) in [4.78, 5) is 23.0. The average molecular weight is 919 g/mol. The zero-order chi connectivity index (χ0) is 46.3. The first-order valence-corrected chi connectivity index (χ1v) is 26.7. The first-order chi connectivity index (χ1) is 31.5. The van der Waals surface area contributed by atoms with E-state index >= 15 is 0 Å². The van der Waals surface area contributed by atoms with Gasteiger partial charge in [-0.3, -0.25) is 0 Å². The fraction of sp³-hybridized carbons (Fsp3) is 0.887. The van der Waals surface area contributed by atoms with E-state index in [0.717, 1.165) is 38.5 Å². The summed E-state index contributed by atoms with van der Waals surface area (Å²) in [6.45, 7) is 4.52. The van der Waals surface area contributed by atoms with Crippen molar-refractivity contribution in [1.29, 1.82) is 0 Å². The van der Waals surface area contributed by atoms with Crippen molar-refractivity contribution in [2.45, 2.75) is 298 Å². The Morgan fingerprint density at radius 1 is 0.492 bits per heavy atom. The topological polar surface area (TPSA) is 170 Å². The van der Waals surface area contributed by atoms with Crippen LogP contribution in [0.15, 0.2) is 24.3 Å². The van der Waals surface area contributed by atoms with Crippen LogP contribution in [0, 0.1) is 0 Å². The molecule has 9 unspecified atom stereocenters. The van der Waals surface area contributed by atoms with Crippen LogP contribution < -0.4 is 0 Å². The van der Waals surface area contributed by atoms with Gasteiger partial charge in [0.2, 0.25) is 0 Å². The molecule has 12 atom stereocenters. The highest BCUT2D eigenvalue weighted by Gasteiger charge is 2.55. The molecule has 65 heavy (non-hydrogen) atoms. The van der Waals surface area contributed by atoms with Gasteiger partial charge in [0.25, 0.3) is 0 Å². The van der Waals surface area contributed by atoms with Gasteiger partial charge in [0.05, 0.1) is 36.6 Å². The SMILES string of the molecule is CCCCCCCCCCCCCC(O)CC1CC(O)CC2(CC3OC(=O)C=CC3O2)O1.CCCCCCCCCCCCCC[C@@H](O)CC1CC(O)CC2(C[C@@H]3OC(=O)C=C[C@@H]3O2)O1. The summed E-state index contributed by atoms with van der Waals surface area (Å²) in [5, 5.41) is 41.9. The minimum absolute atomic E-state index is 0.249. The molecular formula is C53H90O12. The maximum atomic E-state index is 11.5. The highest BCUT2D eigenvalue weighted by Crippen LogP contribution is 2.45. The van der Waals surface area contributed by atoms with Crippen molar-refractivity contribution in [2.24, 2.45) is 0 Å². The lowest BCUT2D eigenvalue weighted by Crippen LogP contribution is -2.47. The summed E-state index contributed by atoms with van der Waals surface area (Å²) in [5.41, 5.74) is 0. The predicted molar refractivity (Wildman–Crippen MR) is 251 cm³/mol. The molecule has 0 aromatic heterocycles. The van der Waals surface area contributed by atoms with E-state index in [4.69, 9.17) is 28.4 Å². The Labute approximate surface area is 391 Å². The van der Waals surface area contributed by atoms with Crippen LogP contribution >= 0.6 is 0 Å². The van der Waals surface area contributed by atoms with Crippen molar-refractivity contribution in [3.05, 3.63) is 24.3 Å². The standard InChI is InChI=1S/C27H46O6.C26H44O6/c1-2-3-4-5-6-7-8-9-10-11-12-13-14-21(28)17-23-18-22(29)19-27(32-23)20-25-24(33-27)15-16-26(30)31-25;1-2-3-4-5-6-7-8-9-10-11-12-13-20(27)16-22-17-21(28)18-26(31-22)19-24-23(32-26)14-15-25(29)30-24/h15-16,21-25,28-29H,2-14,17-20H2,1H3;14-15,20-24,27-28H,2-13,16-19H2,1H3/t21-,22?,23?,24+,25+,27?;/m1./s1. The molecule has 374 valence electrons. The van der Waals surface area contributed by atoms with Gasteiger partial charge in [-0.25, -0.2) is 9.59 Å². The number of ether oxygens (including phenoxy) is 6. The van der Waals surface area contributed by atoms with Crippen LogP contribution in [0.25, 0.3) is 0 Å². The van der Waals surface area contributed by atoms with Gasteiger partial charge in [0.15, 0.2) is 11.6 Å². The molecule has 6 heterocycles. The zero-order valence-corrected chi connectivity index (χ0v) is 40.5. The number of hydrogen-bond donors (Lipinski definition) is 4. The van der Waals surface area contributed by atoms with Gasteiger partial charge >= 0.3 is 11.9 Å². The predicted octanol–water partition coefficient (Wildman–Crippen LogP) is 10.3. The van der Waals surface area contributed by atoms with E-state index in [0.29, 0.717) is 51.4 Å². The smallest absolute Gasteiger partial charge is 0.330 e. The fourth-order valence-electron chi connectivity index (χ4n) is 11.0. The van der Waals surface area contributed by atoms with E-state index in [1.165, 1.54) is 134 Å². The number of fused-ring (bicyclic) bond motifs is 2. The van der Waals surface area contributed by atoms with Crippen molar-refractivity contribution in [3.8, 4) is 0 Å². The fourth-order valence-corrected chi connectivity index (χ4v) is 11.0. The first-order valence-electron chi connectivity index (χ1n) is 26.7. The van der Waals surface area contributed by atoms with E-state index < -0.39 is 36.0 Å². The second kappa shape index (κ2) is 29.2. The van der Waals surface area contributed by atoms with Crippen molar-refractivity contribution in [1.82, 2.24) is 0 Å². The Balaban J connectivity index is 0.000000244. The number of aliphatic hydroxyl groups excluding tert-OH is 4. The Morgan fingerprint density at radius 2 is 0.815 bits per heavy atom. The van der Waals surface area contributed by atoms with Crippen LogP contribution in [-0.2, 0) is 38.0 Å². The third-order valence-electron chi connectivity index (χ3n) is 14.4. The lowest BCUT2D eigenvalue weighted by molar-refractivity contribution is -0.286. The summed E-state index contributed by atoms with van der Waals surface area (Å²) < 4.78 is 35.3. The molecule has 4 fully saturated rings. The Kier molecular flexibility index (Phi) is 24.3. The molecule has 0 radical (unpaired) electrons. The molecule has 12 heteroatoms. The van der Waals surface area contributed by atoms with Crippen molar-refractivity contribution < 1.29 is 58.4 Å². The lowest BCUT2D eigenvalue weighted by atomic mass is 9.92. The van der Waals surface area contributed by atoms with E-state index in [9.17, 15) is 30.0 Å². The van der Waals surface area contributed by atoms with Gasteiger partial charge in [0, 0.05) is 37.8 Å². The molecule has 0 aromatic carbocycles. The minimum atomic E-state index is -0.928. The summed E-state index contributed by atoms with van der Waals surface area (Å²) in [7, 11) is 0. The highest BCUT2D eigenvalue weighted by molar-refractivity contribution is 5.83. The van der Waals surface area contributed by atoms with Gasteiger partial charge in [-0.2, -0.15) is 0 Å². The Bertz CT molecular complexity index is 1410. The number of unbranched alkanes of at least 4 members (excludes halogenated alkanes) is 21. The molecule has 0 aromatic rings. The number of esters is 2. The van der Waals surface area contributed by atoms with Crippen molar-refractivity contribution >= 4 is 11.9 Å². The van der Waals surface area contributed by atoms with Crippen LogP contribution in [0.3, 0.4) is 0 Å². The van der Waals surface area contributed by atoms with Crippen LogP contribution in [0.4, 0.5) is 0 Å². The average Bonchev–Trinajstić information content (AvgIpc) is 3.77. The molecule has 0 aliphatic carbocycles.